The second-order valence-electron chi connectivity index (χ2n) is 4.99. The van der Waals surface area contributed by atoms with Crippen molar-refractivity contribution in [2.75, 3.05) is 19.3 Å². The highest BCUT2D eigenvalue weighted by molar-refractivity contribution is 7.99. The fraction of sp³-hybridized carbons (Fsp3) is 1.00. The van der Waals surface area contributed by atoms with E-state index in [0.717, 1.165) is 32.2 Å². The fourth-order valence-electron chi connectivity index (χ4n) is 2.22. The van der Waals surface area contributed by atoms with Crippen LogP contribution in [0.1, 0.15) is 39.5 Å². The van der Waals surface area contributed by atoms with E-state index in [1.165, 1.54) is 0 Å². The van der Waals surface area contributed by atoms with Gasteiger partial charge in [0.05, 0.1) is 5.25 Å². The first kappa shape index (κ1) is 16.3. The van der Waals surface area contributed by atoms with Gasteiger partial charge in [0.25, 0.3) is 0 Å². The van der Waals surface area contributed by atoms with Crippen LogP contribution in [-0.2, 0) is 10.0 Å². The van der Waals surface area contributed by atoms with Gasteiger partial charge >= 0.3 is 0 Å². The molecule has 0 aliphatic heterocycles. The lowest BCUT2D eigenvalue weighted by atomic mass is 9.96. The van der Waals surface area contributed by atoms with Gasteiger partial charge in [-0.3, -0.25) is 0 Å². The van der Waals surface area contributed by atoms with E-state index in [0.29, 0.717) is 11.8 Å². The van der Waals surface area contributed by atoms with Crippen LogP contribution in [0.3, 0.4) is 0 Å². The zero-order chi connectivity index (χ0) is 13.6. The van der Waals surface area contributed by atoms with E-state index < -0.39 is 10.0 Å². The second-order valence-corrected chi connectivity index (χ2v) is 8.26. The number of rotatable bonds is 7. The molecule has 0 heterocycles. The van der Waals surface area contributed by atoms with Crippen molar-refractivity contribution in [1.29, 1.82) is 0 Å². The first-order valence-corrected chi connectivity index (χ1v) is 9.57. The summed E-state index contributed by atoms with van der Waals surface area (Å²) in [6.07, 6.45) is 6.32. The minimum atomic E-state index is -3.18. The van der Waals surface area contributed by atoms with Crippen molar-refractivity contribution in [3.63, 3.8) is 0 Å². The molecule has 1 rings (SSSR count). The average molecular weight is 294 g/mol. The highest BCUT2D eigenvalue weighted by atomic mass is 32.2. The standard InChI is InChI=1S/C12H26N2O2S2/c1-4-13-9-10(2)18(15,16)14-11-5-7-12(17-3)8-6-11/h10-14H,4-9H2,1-3H3. The molecule has 0 amide bonds. The third-order valence-corrected chi connectivity index (χ3v) is 6.58. The maximum absolute atomic E-state index is 12.1. The highest BCUT2D eigenvalue weighted by Crippen LogP contribution is 2.27. The van der Waals surface area contributed by atoms with Crippen LogP contribution in [0.4, 0.5) is 0 Å². The van der Waals surface area contributed by atoms with E-state index in [1.807, 2.05) is 18.7 Å². The predicted octanol–water partition coefficient (Wildman–Crippen LogP) is 1.58. The topological polar surface area (TPSA) is 58.2 Å². The molecule has 4 nitrogen and oxygen atoms in total. The number of hydrogen-bond acceptors (Lipinski definition) is 4. The smallest absolute Gasteiger partial charge is 0.215 e. The van der Waals surface area contributed by atoms with Crippen molar-refractivity contribution in [2.24, 2.45) is 0 Å². The minimum Gasteiger partial charge on any atom is -0.316 e. The van der Waals surface area contributed by atoms with Crippen molar-refractivity contribution in [3.05, 3.63) is 0 Å². The summed E-state index contributed by atoms with van der Waals surface area (Å²) in [6.45, 7) is 5.07. The summed E-state index contributed by atoms with van der Waals surface area (Å²) >= 11 is 1.90. The molecule has 0 aromatic rings. The van der Waals surface area contributed by atoms with E-state index in [2.05, 4.69) is 16.3 Å². The Morgan fingerprint density at radius 2 is 1.89 bits per heavy atom. The molecule has 0 aromatic heterocycles. The second kappa shape index (κ2) is 7.72. The lowest BCUT2D eigenvalue weighted by molar-refractivity contribution is 0.417. The molecule has 1 fully saturated rings. The van der Waals surface area contributed by atoms with E-state index in [1.54, 1.807) is 6.92 Å². The Bertz CT molecular complexity index is 325. The van der Waals surface area contributed by atoms with Crippen LogP contribution in [-0.4, -0.2) is 44.3 Å². The Morgan fingerprint density at radius 3 is 2.39 bits per heavy atom. The van der Waals surface area contributed by atoms with Crippen molar-refractivity contribution >= 4 is 21.8 Å². The van der Waals surface area contributed by atoms with Crippen LogP contribution in [0.25, 0.3) is 0 Å². The van der Waals surface area contributed by atoms with E-state index >= 15 is 0 Å². The summed E-state index contributed by atoms with van der Waals surface area (Å²) < 4.78 is 27.1. The fourth-order valence-corrected chi connectivity index (χ4v) is 4.24. The summed E-state index contributed by atoms with van der Waals surface area (Å²) in [5.41, 5.74) is 0. The number of sulfonamides is 1. The average Bonchev–Trinajstić information content (AvgIpc) is 2.36. The normalized spacial score (nSPS) is 27.1. The molecule has 1 atom stereocenters. The molecular weight excluding hydrogens is 268 g/mol. The molecule has 6 heteroatoms. The van der Waals surface area contributed by atoms with Crippen LogP contribution in [0.2, 0.25) is 0 Å². The highest BCUT2D eigenvalue weighted by Gasteiger charge is 2.27. The molecule has 1 unspecified atom stereocenters. The Balaban J connectivity index is 2.41. The van der Waals surface area contributed by atoms with Crippen molar-refractivity contribution < 1.29 is 8.42 Å². The van der Waals surface area contributed by atoms with Gasteiger partial charge < -0.3 is 5.32 Å². The van der Waals surface area contributed by atoms with Crippen LogP contribution >= 0.6 is 11.8 Å². The summed E-state index contributed by atoms with van der Waals surface area (Å²) in [7, 11) is -3.18. The van der Waals surface area contributed by atoms with Crippen molar-refractivity contribution in [2.45, 2.75) is 56.1 Å². The molecule has 0 aromatic carbocycles. The minimum absolute atomic E-state index is 0.141. The van der Waals surface area contributed by atoms with Gasteiger partial charge in [0.2, 0.25) is 10.0 Å². The molecule has 1 aliphatic rings. The van der Waals surface area contributed by atoms with Gasteiger partial charge in [0, 0.05) is 17.8 Å². The van der Waals surface area contributed by atoms with Gasteiger partial charge in [-0.1, -0.05) is 6.92 Å². The zero-order valence-corrected chi connectivity index (χ0v) is 13.2. The maximum Gasteiger partial charge on any atom is 0.215 e. The summed E-state index contributed by atoms with van der Waals surface area (Å²) in [5.74, 6) is 0. The van der Waals surface area contributed by atoms with Crippen LogP contribution < -0.4 is 10.0 Å². The summed E-state index contributed by atoms with van der Waals surface area (Å²) in [5, 5.41) is 3.43. The monoisotopic (exact) mass is 294 g/mol. The first-order chi connectivity index (χ1) is 8.49. The summed E-state index contributed by atoms with van der Waals surface area (Å²) in [6, 6.07) is 0.141. The van der Waals surface area contributed by atoms with Gasteiger partial charge in [-0.25, -0.2) is 13.1 Å². The number of hydrogen-bond donors (Lipinski definition) is 2. The molecule has 18 heavy (non-hydrogen) atoms. The molecule has 2 N–H and O–H groups in total. The molecule has 0 spiro atoms. The van der Waals surface area contributed by atoms with E-state index in [-0.39, 0.29) is 11.3 Å². The van der Waals surface area contributed by atoms with E-state index in [4.69, 9.17) is 0 Å². The van der Waals surface area contributed by atoms with Gasteiger partial charge in [0.15, 0.2) is 0 Å². The Morgan fingerprint density at radius 1 is 1.28 bits per heavy atom. The number of nitrogens with one attached hydrogen (secondary N) is 2. The lowest BCUT2D eigenvalue weighted by Gasteiger charge is -2.28. The molecule has 0 bridgehead atoms. The Kier molecular flexibility index (Phi) is 6.98. The molecule has 0 radical (unpaired) electrons. The van der Waals surface area contributed by atoms with Crippen LogP contribution in [0.5, 0.6) is 0 Å². The Labute approximate surface area is 116 Å². The van der Waals surface area contributed by atoms with Gasteiger partial charge in [-0.15, -0.1) is 0 Å². The van der Waals surface area contributed by atoms with Gasteiger partial charge in [-0.2, -0.15) is 11.8 Å². The van der Waals surface area contributed by atoms with E-state index in [9.17, 15) is 8.42 Å². The molecule has 1 saturated carbocycles. The quantitative estimate of drug-likeness (QED) is 0.748. The van der Waals surface area contributed by atoms with Gasteiger partial charge in [0.1, 0.15) is 0 Å². The lowest BCUT2D eigenvalue weighted by Crippen LogP contribution is -2.45. The largest absolute Gasteiger partial charge is 0.316 e. The van der Waals surface area contributed by atoms with Crippen LogP contribution in [0.15, 0.2) is 0 Å². The van der Waals surface area contributed by atoms with Gasteiger partial charge in [-0.05, 0) is 45.4 Å². The molecular formula is C12H26N2O2S2. The molecule has 0 saturated heterocycles. The Hall–Kier alpha value is 0.220. The zero-order valence-electron chi connectivity index (χ0n) is 11.6. The number of thioether (sulfide) groups is 1. The first-order valence-electron chi connectivity index (χ1n) is 6.74. The molecule has 1 aliphatic carbocycles. The maximum atomic E-state index is 12.1. The van der Waals surface area contributed by atoms with Crippen LogP contribution in [0, 0.1) is 0 Å². The summed E-state index contributed by atoms with van der Waals surface area (Å²) in [4.78, 5) is 0. The molecule has 108 valence electrons. The predicted molar refractivity (Wildman–Crippen MR) is 79.6 cm³/mol. The van der Waals surface area contributed by atoms with Crippen molar-refractivity contribution in [1.82, 2.24) is 10.0 Å². The SMILES string of the molecule is CCNCC(C)S(=O)(=O)NC1CCC(SC)CC1. The third-order valence-electron chi connectivity index (χ3n) is 3.55. The van der Waals surface area contributed by atoms with Crippen molar-refractivity contribution in [3.8, 4) is 0 Å². The third kappa shape index (κ3) is 5.07.